The molecule has 0 saturated carbocycles. The van der Waals surface area contributed by atoms with E-state index in [4.69, 9.17) is 12.8 Å². The number of terminal acetylenes is 2. The van der Waals surface area contributed by atoms with Gasteiger partial charge in [-0.25, -0.2) is 16.8 Å². The van der Waals surface area contributed by atoms with Crippen molar-refractivity contribution in [3.8, 4) is 24.7 Å². The molecule has 0 aliphatic carbocycles. The lowest BCUT2D eigenvalue weighted by atomic mass is 10.8. The monoisotopic (exact) mass is 250 g/mol. The van der Waals surface area contributed by atoms with Gasteiger partial charge in [-0.15, -0.1) is 12.8 Å². The molecule has 0 atom stereocenters. The Hall–Kier alpha value is -1.02. The van der Waals surface area contributed by atoms with Gasteiger partial charge in [0.25, 0.3) is 0 Å². The summed E-state index contributed by atoms with van der Waals surface area (Å²) in [4.78, 5) is 0. The van der Waals surface area contributed by atoms with E-state index in [1.807, 2.05) is 11.8 Å². The number of hydrogen-bond acceptors (Lipinski definition) is 5. The SMILES string of the molecule is C#CCS(=O)(=O)COCS(=O)(=O)CC#C. The van der Waals surface area contributed by atoms with E-state index in [1.54, 1.807) is 0 Å². The third-order valence-electron chi connectivity index (χ3n) is 1.13. The van der Waals surface area contributed by atoms with Crippen LogP contribution in [0.1, 0.15) is 0 Å². The van der Waals surface area contributed by atoms with Gasteiger partial charge in [-0.2, -0.15) is 0 Å². The summed E-state index contributed by atoms with van der Waals surface area (Å²) in [7, 11) is -7.09. The summed E-state index contributed by atoms with van der Waals surface area (Å²) in [5.74, 6) is 1.45. The highest BCUT2D eigenvalue weighted by molar-refractivity contribution is 7.92. The molecule has 0 aromatic heterocycles. The first-order chi connectivity index (χ1) is 6.83. The van der Waals surface area contributed by atoms with Crippen LogP contribution in [0.25, 0.3) is 0 Å². The van der Waals surface area contributed by atoms with Crippen LogP contribution in [-0.2, 0) is 24.4 Å². The van der Waals surface area contributed by atoms with E-state index >= 15 is 0 Å². The van der Waals surface area contributed by atoms with Crippen LogP contribution < -0.4 is 0 Å². The normalized spacial score (nSPS) is 11.6. The Bertz CT molecular complexity index is 426. The zero-order valence-electron chi connectivity index (χ0n) is 7.84. The van der Waals surface area contributed by atoms with Crippen LogP contribution in [0.15, 0.2) is 0 Å². The molecule has 0 N–H and O–H groups in total. The Balaban J connectivity index is 4.14. The molecule has 0 rings (SSSR count). The molecule has 0 aliphatic heterocycles. The van der Waals surface area contributed by atoms with Gasteiger partial charge in [0.05, 0.1) is 0 Å². The third kappa shape index (κ3) is 6.97. The van der Waals surface area contributed by atoms with Gasteiger partial charge in [-0.1, -0.05) is 11.8 Å². The second-order valence-corrected chi connectivity index (χ2v) is 6.65. The predicted molar refractivity (Wildman–Crippen MR) is 56.1 cm³/mol. The molecule has 0 saturated heterocycles. The van der Waals surface area contributed by atoms with Gasteiger partial charge >= 0.3 is 0 Å². The first-order valence-electron chi connectivity index (χ1n) is 3.68. The quantitative estimate of drug-likeness (QED) is 0.566. The van der Waals surface area contributed by atoms with E-state index in [-0.39, 0.29) is 0 Å². The number of rotatable bonds is 6. The number of hydrogen-bond donors (Lipinski definition) is 0. The molecule has 0 spiro atoms. The zero-order chi connectivity index (χ0) is 11.9. The van der Waals surface area contributed by atoms with Crippen molar-refractivity contribution < 1.29 is 21.6 Å². The summed E-state index contributed by atoms with van der Waals surface area (Å²) in [6, 6.07) is 0. The van der Waals surface area contributed by atoms with Gasteiger partial charge in [0.1, 0.15) is 11.5 Å². The zero-order valence-corrected chi connectivity index (χ0v) is 9.47. The van der Waals surface area contributed by atoms with E-state index < -0.39 is 43.1 Å². The third-order valence-corrected chi connectivity index (χ3v) is 3.40. The number of ether oxygens (including phenoxy) is 1. The summed E-state index contributed by atoms with van der Waals surface area (Å²) in [5.41, 5.74) is 0. The molecule has 0 heterocycles. The van der Waals surface area contributed by atoms with Crippen molar-refractivity contribution in [2.45, 2.75) is 0 Å². The highest BCUT2D eigenvalue weighted by atomic mass is 32.2. The Kier molecular flexibility index (Phi) is 5.37. The highest BCUT2D eigenvalue weighted by Crippen LogP contribution is 1.95. The van der Waals surface area contributed by atoms with Gasteiger partial charge < -0.3 is 4.74 Å². The Morgan fingerprint density at radius 1 is 0.867 bits per heavy atom. The largest absolute Gasteiger partial charge is 0.350 e. The second kappa shape index (κ2) is 5.76. The van der Waals surface area contributed by atoms with Gasteiger partial charge in [0.2, 0.25) is 0 Å². The average molecular weight is 250 g/mol. The molecular weight excluding hydrogens is 240 g/mol. The van der Waals surface area contributed by atoms with Crippen molar-refractivity contribution >= 4 is 19.7 Å². The summed E-state index contributed by atoms with van der Waals surface area (Å²) in [6.45, 7) is 0. The van der Waals surface area contributed by atoms with Crippen LogP contribution in [0.4, 0.5) is 0 Å². The molecular formula is C8H10O5S2. The summed E-state index contributed by atoms with van der Waals surface area (Å²) < 4.78 is 48.4. The minimum absolute atomic E-state index is 0.484. The highest BCUT2D eigenvalue weighted by Gasteiger charge is 2.13. The predicted octanol–water partition coefficient (Wildman–Crippen LogP) is -0.986. The van der Waals surface area contributed by atoms with Crippen molar-refractivity contribution in [1.29, 1.82) is 0 Å². The Morgan fingerprint density at radius 2 is 1.20 bits per heavy atom. The second-order valence-electron chi connectivity index (χ2n) is 2.62. The van der Waals surface area contributed by atoms with Crippen LogP contribution in [0.5, 0.6) is 0 Å². The summed E-state index contributed by atoms with van der Waals surface area (Å²) in [6.07, 6.45) is 9.58. The fraction of sp³-hybridized carbons (Fsp3) is 0.500. The van der Waals surface area contributed by atoms with E-state index in [2.05, 4.69) is 4.74 Å². The van der Waals surface area contributed by atoms with E-state index in [0.29, 0.717) is 0 Å². The lowest BCUT2D eigenvalue weighted by Crippen LogP contribution is -2.18. The lowest BCUT2D eigenvalue weighted by molar-refractivity contribution is 0.225. The maximum absolute atomic E-state index is 11.0. The van der Waals surface area contributed by atoms with Gasteiger partial charge in [0, 0.05) is 0 Å². The first kappa shape index (κ1) is 14.0. The van der Waals surface area contributed by atoms with Gasteiger partial charge in [-0.05, 0) is 0 Å². The van der Waals surface area contributed by atoms with Crippen LogP contribution in [0.3, 0.4) is 0 Å². The smallest absolute Gasteiger partial charge is 0.185 e. The molecule has 0 radical (unpaired) electrons. The Labute approximate surface area is 89.7 Å². The first-order valence-corrected chi connectivity index (χ1v) is 7.33. The van der Waals surface area contributed by atoms with E-state index in [1.165, 1.54) is 0 Å². The molecule has 0 aliphatic rings. The molecule has 7 heteroatoms. The van der Waals surface area contributed by atoms with E-state index in [9.17, 15) is 16.8 Å². The molecule has 0 aromatic rings. The van der Waals surface area contributed by atoms with Crippen LogP contribution in [0, 0.1) is 24.7 Å². The molecule has 0 fully saturated rings. The van der Waals surface area contributed by atoms with Gasteiger partial charge in [0.15, 0.2) is 31.6 Å². The molecule has 0 bridgehead atoms. The molecule has 84 valence electrons. The van der Waals surface area contributed by atoms with Crippen LogP contribution in [-0.4, -0.2) is 40.2 Å². The maximum atomic E-state index is 11.0. The molecule has 0 aromatic carbocycles. The van der Waals surface area contributed by atoms with Crippen molar-refractivity contribution in [2.24, 2.45) is 0 Å². The lowest BCUT2D eigenvalue weighted by Gasteiger charge is -2.02. The average Bonchev–Trinajstić information content (AvgIpc) is 2.02. The Morgan fingerprint density at radius 3 is 1.47 bits per heavy atom. The van der Waals surface area contributed by atoms with Gasteiger partial charge in [-0.3, -0.25) is 0 Å². The molecule has 15 heavy (non-hydrogen) atoms. The van der Waals surface area contributed by atoms with Crippen molar-refractivity contribution in [3.63, 3.8) is 0 Å². The molecule has 0 amide bonds. The summed E-state index contributed by atoms with van der Waals surface area (Å²) >= 11 is 0. The van der Waals surface area contributed by atoms with Crippen molar-refractivity contribution in [1.82, 2.24) is 0 Å². The van der Waals surface area contributed by atoms with Crippen LogP contribution >= 0.6 is 0 Å². The molecule has 0 unspecified atom stereocenters. The topological polar surface area (TPSA) is 77.5 Å². The van der Waals surface area contributed by atoms with Crippen LogP contribution in [0.2, 0.25) is 0 Å². The maximum Gasteiger partial charge on any atom is 0.185 e. The summed E-state index contributed by atoms with van der Waals surface area (Å²) in [5, 5.41) is 0. The fourth-order valence-electron chi connectivity index (χ4n) is 0.625. The van der Waals surface area contributed by atoms with Crippen molar-refractivity contribution in [2.75, 3.05) is 23.4 Å². The fourth-order valence-corrected chi connectivity index (χ4v) is 2.08. The van der Waals surface area contributed by atoms with E-state index in [0.717, 1.165) is 0 Å². The minimum atomic E-state index is -3.54. The van der Waals surface area contributed by atoms with Crippen molar-refractivity contribution in [3.05, 3.63) is 0 Å². The standard InChI is InChI=1S/C8H10O5S2/c1-3-5-14(9,10)7-13-8-15(11,12)6-4-2/h1-2H,5-8H2. The number of sulfone groups is 2. The minimum Gasteiger partial charge on any atom is -0.350 e. The molecule has 5 nitrogen and oxygen atoms in total.